The largest absolute Gasteiger partial charge is 0.460 e. The Morgan fingerprint density at radius 3 is 1.44 bits per heavy atom. The molecule has 0 saturated heterocycles. The minimum Gasteiger partial charge on any atom is -0.460 e. The van der Waals surface area contributed by atoms with Gasteiger partial charge >= 0.3 is 11.9 Å². The lowest BCUT2D eigenvalue weighted by atomic mass is 10.1. The quantitative estimate of drug-likeness (QED) is 0.248. The van der Waals surface area contributed by atoms with Crippen LogP contribution in [0.1, 0.15) is 112 Å². The number of hydrogen-bond donors (Lipinski definition) is 0. The molecule has 1 aromatic rings. The predicted octanol–water partition coefficient (Wildman–Crippen LogP) is 6.31. The first kappa shape index (κ1) is 23.3. The summed E-state index contributed by atoms with van der Waals surface area (Å²) in [4.78, 5) is 23.9. The van der Waals surface area contributed by atoms with Gasteiger partial charge in [0.05, 0.1) is 13.2 Å². The summed E-state index contributed by atoms with van der Waals surface area (Å²) >= 11 is 0. The molecular formula is C22H36O5. The van der Waals surface area contributed by atoms with Gasteiger partial charge in [-0.2, -0.15) is 0 Å². The van der Waals surface area contributed by atoms with Gasteiger partial charge in [-0.3, -0.25) is 0 Å². The lowest BCUT2D eigenvalue weighted by Gasteiger charge is -2.04. The minimum atomic E-state index is -0.529. The topological polar surface area (TPSA) is 65.7 Å². The van der Waals surface area contributed by atoms with Crippen molar-refractivity contribution < 1.29 is 23.5 Å². The summed E-state index contributed by atoms with van der Waals surface area (Å²) in [6.45, 7) is 5.13. The van der Waals surface area contributed by atoms with Crippen molar-refractivity contribution in [3.63, 3.8) is 0 Å². The first-order valence-corrected chi connectivity index (χ1v) is 10.6. The van der Waals surface area contributed by atoms with Crippen molar-refractivity contribution in [2.24, 2.45) is 0 Å². The molecule has 0 atom stereocenters. The van der Waals surface area contributed by atoms with Gasteiger partial charge in [0.15, 0.2) is 0 Å². The fraction of sp³-hybridized carbons (Fsp3) is 0.727. The molecule has 0 spiro atoms. The molecule has 0 aliphatic rings. The third-order valence-corrected chi connectivity index (χ3v) is 4.47. The van der Waals surface area contributed by atoms with E-state index in [2.05, 4.69) is 13.8 Å². The Labute approximate surface area is 163 Å². The maximum absolute atomic E-state index is 11.9. The van der Waals surface area contributed by atoms with Gasteiger partial charge in [-0.1, -0.05) is 78.1 Å². The maximum atomic E-state index is 11.9. The molecule has 1 aromatic heterocycles. The van der Waals surface area contributed by atoms with E-state index in [1.54, 1.807) is 0 Å². The van der Waals surface area contributed by atoms with E-state index >= 15 is 0 Å². The molecule has 0 aliphatic carbocycles. The average Bonchev–Trinajstić information content (AvgIpc) is 3.16. The van der Waals surface area contributed by atoms with Gasteiger partial charge < -0.3 is 13.9 Å². The zero-order valence-corrected chi connectivity index (χ0v) is 17.1. The highest BCUT2D eigenvalue weighted by atomic mass is 16.6. The molecule has 154 valence electrons. The first-order chi connectivity index (χ1) is 13.2. The lowest BCUT2D eigenvalue weighted by Crippen LogP contribution is -2.07. The third kappa shape index (κ3) is 10.8. The number of carbonyl (C=O) groups excluding carboxylic acids is 2. The van der Waals surface area contributed by atoms with Crippen LogP contribution in [-0.4, -0.2) is 25.2 Å². The van der Waals surface area contributed by atoms with Crippen molar-refractivity contribution in [1.29, 1.82) is 0 Å². The second-order valence-corrected chi connectivity index (χ2v) is 6.97. The van der Waals surface area contributed by atoms with E-state index < -0.39 is 11.9 Å². The van der Waals surface area contributed by atoms with Gasteiger partial charge in [-0.15, -0.1) is 0 Å². The van der Waals surface area contributed by atoms with E-state index in [9.17, 15) is 9.59 Å². The first-order valence-electron chi connectivity index (χ1n) is 10.6. The summed E-state index contributed by atoms with van der Waals surface area (Å²) < 4.78 is 15.7. The minimum absolute atomic E-state index is 0.0486. The van der Waals surface area contributed by atoms with Gasteiger partial charge in [-0.05, 0) is 25.0 Å². The van der Waals surface area contributed by atoms with E-state index in [1.165, 1.54) is 63.5 Å². The molecular weight excluding hydrogens is 344 g/mol. The number of unbranched alkanes of at least 4 members (excludes halogenated alkanes) is 10. The Morgan fingerprint density at radius 2 is 1.04 bits per heavy atom. The Kier molecular flexibility index (Phi) is 13.2. The van der Waals surface area contributed by atoms with Crippen LogP contribution in [0.3, 0.4) is 0 Å². The van der Waals surface area contributed by atoms with Gasteiger partial charge in [0.2, 0.25) is 11.5 Å². The molecule has 0 radical (unpaired) electrons. The molecule has 0 N–H and O–H groups in total. The second kappa shape index (κ2) is 15.3. The molecule has 0 fully saturated rings. The molecule has 0 saturated carbocycles. The molecule has 1 heterocycles. The lowest BCUT2D eigenvalue weighted by molar-refractivity contribution is 0.0427. The van der Waals surface area contributed by atoms with Crippen LogP contribution in [0.25, 0.3) is 0 Å². The molecule has 0 unspecified atom stereocenters. The smallest absolute Gasteiger partial charge is 0.374 e. The summed E-state index contributed by atoms with van der Waals surface area (Å²) in [5.74, 6) is -0.961. The second-order valence-electron chi connectivity index (χ2n) is 6.97. The Bertz CT molecular complexity index is 476. The van der Waals surface area contributed by atoms with E-state index in [-0.39, 0.29) is 11.5 Å². The average molecular weight is 381 g/mol. The van der Waals surface area contributed by atoms with Crippen molar-refractivity contribution >= 4 is 11.9 Å². The highest BCUT2D eigenvalue weighted by molar-refractivity contribution is 5.90. The fourth-order valence-corrected chi connectivity index (χ4v) is 2.79. The molecule has 0 aromatic carbocycles. The van der Waals surface area contributed by atoms with Crippen LogP contribution in [-0.2, 0) is 9.47 Å². The molecule has 0 aliphatic heterocycles. The number of esters is 2. The van der Waals surface area contributed by atoms with Crippen molar-refractivity contribution in [2.75, 3.05) is 13.2 Å². The van der Waals surface area contributed by atoms with E-state index in [0.29, 0.717) is 13.2 Å². The summed E-state index contributed by atoms with van der Waals surface area (Å²) in [5, 5.41) is 0. The number of furan rings is 1. The molecule has 27 heavy (non-hydrogen) atoms. The molecule has 1 rings (SSSR count). The molecule has 5 nitrogen and oxygen atoms in total. The number of ether oxygens (including phenoxy) is 2. The molecule has 0 bridgehead atoms. The zero-order chi connectivity index (χ0) is 19.7. The zero-order valence-electron chi connectivity index (χ0n) is 17.1. The summed E-state index contributed by atoms with van der Waals surface area (Å²) in [5.41, 5.74) is 0. The van der Waals surface area contributed by atoms with Crippen LogP contribution >= 0.6 is 0 Å². The number of rotatable bonds is 16. The Balaban J connectivity index is 2.17. The van der Waals surface area contributed by atoms with Gasteiger partial charge in [0.1, 0.15) is 0 Å². The van der Waals surface area contributed by atoms with E-state index in [0.717, 1.165) is 25.7 Å². The normalized spacial score (nSPS) is 10.7. The van der Waals surface area contributed by atoms with Crippen molar-refractivity contribution in [3.8, 4) is 0 Å². The van der Waals surface area contributed by atoms with Crippen LogP contribution in [0.2, 0.25) is 0 Å². The van der Waals surface area contributed by atoms with Crippen LogP contribution < -0.4 is 0 Å². The van der Waals surface area contributed by atoms with Gasteiger partial charge in [0, 0.05) is 0 Å². The maximum Gasteiger partial charge on any atom is 0.374 e. The summed E-state index contributed by atoms with van der Waals surface area (Å²) in [7, 11) is 0. The van der Waals surface area contributed by atoms with Crippen LogP contribution in [0, 0.1) is 0 Å². The van der Waals surface area contributed by atoms with Gasteiger partial charge in [0.25, 0.3) is 0 Å². The number of hydrogen-bond acceptors (Lipinski definition) is 5. The molecule has 5 heteroatoms. The third-order valence-electron chi connectivity index (χ3n) is 4.47. The van der Waals surface area contributed by atoms with Crippen LogP contribution in [0.4, 0.5) is 0 Å². The number of carbonyl (C=O) groups is 2. The van der Waals surface area contributed by atoms with Gasteiger partial charge in [-0.25, -0.2) is 9.59 Å². The summed E-state index contributed by atoms with van der Waals surface area (Å²) in [6.07, 6.45) is 13.6. The molecule has 0 amide bonds. The highest BCUT2D eigenvalue weighted by Gasteiger charge is 2.17. The highest BCUT2D eigenvalue weighted by Crippen LogP contribution is 2.12. The van der Waals surface area contributed by atoms with Crippen molar-refractivity contribution in [1.82, 2.24) is 0 Å². The monoisotopic (exact) mass is 380 g/mol. The summed E-state index contributed by atoms with van der Waals surface area (Å²) in [6, 6.07) is 2.93. The van der Waals surface area contributed by atoms with E-state index in [4.69, 9.17) is 13.9 Å². The predicted molar refractivity (Wildman–Crippen MR) is 106 cm³/mol. The Hall–Kier alpha value is -1.78. The van der Waals surface area contributed by atoms with Crippen molar-refractivity contribution in [3.05, 3.63) is 23.7 Å². The van der Waals surface area contributed by atoms with Crippen LogP contribution in [0.5, 0.6) is 0 Å². The SMILES string of the molecule is CCCCCCCCOC(=O)c1ccc(C(=O)OCCCCCCCC)o1. The fourth-order valence-electron chi connectivity index (χ4n) is 2.79. The van der Waals surface area contributed by atoms with E-state index in [1.807, 2.05) is 0 Å². The Morgan fingerprint density at radius 1 is 0.667 bits per heavy atom. The standard InChI is InChI=1S/C22H36O5/c1-3-5-7-9-11-13-17-25-21(23)19-15-16-20(27-19)22(24)26-18-14-12-10-8-6-4-2/h15-16H,3-14,17-18H2,1-2H3. The van der Waals surface area contributed by atoms with Crippen LogP contribution in [0.15, 0.2) is 16.5 Å². The van der Waals surface area contributed by atoms with Crippen molar-refractivity contribution in [2.45, 2.75) is 90.9 Å².